The zero-order valence-electron chi connectivity index (χ0n) is 11.1. The summed E-state index contributed by atoms with van der Waals surface area (Å²) < 4.78 is 15.4. The fourth-order valence-electron chi connectivity index (χ4n) is 1.97. The standard InChI is InChI=1S/C15H11ClFN3O/c1-9-4-5-20-8-13(18-14(20)6-9)15(21)19-12-3-2-10(16)7-11(12)17/h2-8H,1H3,(H,19,21). The van der Waals surface area contributed by atoms with Crippen LogP contribution < -0.4 is 5.32 Å². The van der Waals surface area contributed by atoms with Crippen molar-refractivity contribution in [3.63, 3.8) is 0 Å². The summed E-state index contributed by atoms with van der Waals surface area (Å²) >= 11 is 5.67. The summed E-state index contributed by atoms with van der Waals surface area (Å²) in [4.78, 5) is 16.3. The minimum absolute atomic E-state index is 0.0673. The molecule has 1 amide bonds. The number of anilines is 1. The molecule has 0 unspecified atom stereocenters. The number of nitrogens with zero attached hydrogens (tertiary/aromatic N) is 2. The Morgan fingerprint density at radius 1 is 1.33 bits per heavy atom. The van der Waals surface area contributed by atoms with E-state index >= 15 is 0 Å². The number of carbonyl (C=O) groups excluding carboxylic acids is 1. The first kappa shape index (κ1) is 13.6. The number of halogens is 2. The largest absolute Gasteiger partial charge is 0.318 e. The van der Waals surface area contributed by atoms with Crippen molar-refractivity contribution in [3.05, 3.63) is 64.8 Å². The molecule has 0 aliphatic rings. The normalized spacial score (nSPS) is 10.8. The van der Waals surface area contributed by atoms with E-state index in [9.17, 15) is 9.18 Å². The molecule has 6 heteroatoms. The summed E-state index contributed by atoms with van der Waals surface area (Å²) in [5.41, 5.74) is 1.99. The average Bonchev–Trinajstić information content (AvgIpc) is 2.85. The van der Waals surface area contributed by atoms with Crippen LogP contribution >= 0.6 is 11.6 Å². The molecule has 0 aliphatic heterocycles. The first-order chi connectivity index (χ1) is 10.0. The third kappa shape index (κ3) is 2.73. The zero-order chi connectivity index (χ0) is 15.0. The van der Waals surface area contributed by atoms with Crippen molar-refractivity contribution in [2.24, 2.45) is 0 Å². The van der Waals surface area contributed by atoms with E-state index in [4.69, 9.17) is 11.6 Å². The Morgan fingerprint density at radius 2 is 2.14 bits per heavy atom. The number of benzene rings is 1. The summed E-state index contributed by atoms with van der Waals surface area (Å²) in [6, 6.07) is 7.84. The molecule has 0 spiro atoms. The number of aryl methyl sites for hydroxylation is 1. The van der Waals surface area contributed by atoms with E-state index in [0.29, 0.717) is 5.65 Å². The van der Waals surface area contributed by atoms with Gasteiger partial charge in [-0.3, -0.25) is 4.79 Å². The maximum absolute atomic E-state index is 13.7. The van der Waals surface area contributed by atoms with Crippen molar-refractivity contribution >= 4 is 28.8 Å². The SMILES string of the molecule is Cc1ccn2cc(C(=O)Nc3ccc(Cl)cc3F)nc2c1. The van der Waals surface area contributed by atoms with Crippen molar-refractivity contribution in [1.82, 2.24) is 9.38 Å². The first-order valence-corrected chi connectivity index (χ1v) is 6.62. The summed E-state index contributed by atoms with van der Waals surface area (Å²) in [5, 5.41) is 2.75. The Balaban J connectivity index is 1.89. The summed E-state index contributed by atoms with van der Waals surface area (Å²) in [6.07, 6.45) is 3.41. The molecule has 1 aromatic carbocycles. The van der Waals surface area contributed by atoms with Gasteiger partial charge in [0.25, 0.3) is 5.91 Å². The van der Waals surface area contributed by atoms with Crippen LogP contribution in [0.5, 0.6) is 0 Å². The Bertz CT molecular complexity index is 844. The van der Waals surface area contributed by atoms with Gasteiger partial charge in [0.1, 0.15) is 17.2 Å². The van der Waals surface area contributed by atoms with Crippen LogP contribution in [0.1, 0.15) is 16.1 Å². The topological polar surface area (TPSA) is 46.4 Å². The minimum Gasteiger partial charge on any atom is -0.318 e. The fourth-order valence-corrected chi connectivity index (χ4v) is 2.13. The summed E-state index contributed by atoms with van der Waals surface area (Å²) in [7, 11) is 0. The lowest BCUT2D eigenvalue weighted by atomic mass is 10.3. The highest BCUT2D eigenvalue weighted by Crippen LogP contribution is 2.19. The number of rotatable bonds is 2. The maximum atomic E-state index is 13.7. The van der Waals surface area contributed by atoms with Crippen molar-refractivity contribution in [2.45, 2.75) is 6.92 Å². The maximum Gasteiger partial charge on any atom is 0.275 e. The molecule has 0 aliphatic carbocycles. The van der Waals surface area contributed by atoms with Gasteiger partial charge in [-0.15, -0.1) is 0 Å². The zero-order valence-corrected chi connectivity index (χ0v) is 11.9. The Labute approximate surface area is 125 Å². The molecule has 0 saturated heterocycles. The predicted octanol–water partition coefficient (Wildman–Crippen LogP) is 3.69. The van der Waals surface area contributed by atoms with Gasteiger partial charge in [0.2, 0.25) is 0 Å². The molecule has 4 nitrogen and oxygen atoms in total. The van der Waals surface area contributed by atoms with Crippen LogP contribution in [-0.2, 0) is 0 Å². The van der Waals surface area contributed by atoms with Crippen LogP contribution in [0.25, 0.3) is 5.65 Å². The lowest BCUT2D eigenvalue weighted by Crippen LogP contribution is -2.13. The van der Waals surface area contributed by atoms with Crippen molar-refractivity contribution in [2.75, 3.05) is 5.32 Å². The Kier molecular flexibility index (Phi) is 3.35. The second-order valence-corrected chi connectivity index (χ2v) is 5.11. The third-order valence-corrected chi connectivity index (χ3v) is 3.26. The molecule has 0 atom stereocenters. The Morgan fingerprint density at radius 3 is 2.90 bits per heavy atom. The molecule has 0 radical (unpaired) electrons. The second kappa shape index (κ2) is 5.18. The van der Waals surface area contributed by atoms with Crippen molar-refractivity contribution < 1.29 is 9.18 Å². The molecular formula is C15H11ClFN3O. The molecule has 0 bridgehead atoms. The van der Waals surface area contributed by atoms with Gasteiger partial charge in [0, 0.05) is 17.4 Å². The van der Waals surface area contributed by atoms with Gasteiger partial charge in [-0.1, -0.05) is 11.6 Å². The van der Waals surface area contributed by atoms with Gasteiger partial charge in [0.15, 0.2) is 0 Å². The van der Waals surface area contributed by atoms with Gasteiger partial charge < -0.3 is 9.72 Å². The monoisotopic (exact) mass is 303 g/mol. The first-order valence-electron chi connectivity index (χ1n) is 6.25. The number of aromatic nitrogens is 2. The fraction of sp³-hybridized carbons (Fsp3) is 0.0667. The van der Waals surface area contributed by atoms with E-state index in [0.717, 1.165) is 11.6 Å². The van der Waals surface area contributed by atoms with Gasteiger partial charge in [-0.25, -0.2) is 9.37 Å². The smallest absolute Gasteiger partial charge is 0.275 e. The molecule has 3 aromatic rings. The molecule has 21 heavy (non-hydrogen) atoms. The number of imidazole rings is 1. The van der Waals surface area contributed by atoms with E-state index < -0.39 is 11.7 Å². The van der Waals surface area contributed by atoms with Crippen LogP contribution in [0.2, 0.25) is 5.02 Å². The quantitative estimate of drug-likeness (QED) is 0.785. The number of nitrogens with one attached hydrogen (secondary N) is 1. The van der Waals surface area contributed by atoms with Gasteiger partial charge in [-0.2, -0.15) is 0 Å². The van der Waals surface area contributed by atoms with Crippen molar-refractivity contribution in [3.8, 4) is 0 Å². The molecule has 106 valence electrons. The molecule has 0 fully saturated rings. The summed E-state index contributed by atoms with van der Waals surface area (Å²) in [5.74, 6) is -1.06. The number of fused-ring (bicyclic) bond motifs is 1. The summed E-state index contributed by atoms with van der Waals surface area (Å²) in [6.45, 7) is 1.94. The van der Waals surface area contributed by atoms with E-state index in [-0.39, 0.29) is 16.4 Å². The minimum atomic E-state index is -0.588. The Hall–Kier alpha value is -2.40. The number of pyridine rings is 1. The molecule has 2 aromatic heterocycles. The molecule has 3 rings (SSSR count). The number of amides is 1. The van der Waals surface area contributed by atoms with Crippen LogP contribution in [0.4, 0.5) is 10.1 Å². The predicted molar refractivity (Wildman–Crippen MR) is 79.3 cm³/mol. The highest BCUT2D eigenvalue weighted by Gasteiger charge is 2.13. The van der Waals surface area contributed by atoms with Crippen LogP contribution in [0.15, 0.2) is 42.7 Å². The van der Waals surface area contributed by atoms with Crippen molar-refractivity contribution in [1.29, 1.82) is 0 Å². The van der Waals surface area contributed by atoms with E-state index in [1.54, 1.807) is 10.6 Å². The van der Waals surface area contributed by atoms with E-state index in [1.807, 2.05) is 25.3 Å². The lowest BCUT2D eigenvalue weighted by Gasteiger charge is -2.04. The lowest BCUT2D eigenvalue weighted by molar-refractivity contribution is 0.102. The van der Waals surface area contributed by atoms with Gasteiger partial charge >= 0.3 is 0 Å². The highest BCUT2D eigenvalue weighted by atomic mass is 35.5. The van der Waals surface area contributed by atoms with Crippen LogP contribution in [0, 0.1) is 12.7 Å². The number of hydrogen-bond donors (Lipinski definition) is 1. The van der Waals surface area contributed by atoms with E-state index in [1.165, 1.54) is 12.1 Å². The third-order valence-electron chi connectivity index (χ3n) is 3.03. The molecule has 2 heterocycles. The molecule has 0 saturated carbocycles. The average molecular weight is 304 g/mol. The van der Waals surface area contributed by atoms with Crippen LogP contribution in [0.3, 0.4) is 0 Å². The van der Waals surface area contributed by atoms with E-state index in [2.05, 4.69) is 10.3 Å². The molecule has 1 N–H and O–H groups in total. The second-order valence-electron chi connectivity index (χ2n) is 4.67. The van der Waals surface area contributed by atoms with Gasteiger partial charge in [0.05, 0.1) is 5.69 Å². The van der Waals surface area contributed by atoms with Crippen LogP contribution in [-0.4, -0.2) is 15.3 Å². The van der Waals surface area contributed by atoms with Gasteiger partial charge in [-0.05, 0) is 42.8 Å². The highest BCUT2D eigenvalue weighted by molar-refractivity contribution is 6.30. The number of hydrogen-bond acceptors (Lipinski definition) is 2. The number of carbonyl (C=O) groups is 1. The molecular weight excluding hydrogens is 293 g/mol.